The van der Waals surface area contributed by atoms with Gasteiger partial charge in [-0.1, -0.05) is 35.7 Å². The van der Waals surface area contributed by atoms with Gasteiger partial charge in [-0.05, 0) is 30.5 Å². The molecule has 0 N–H and O–H groups in total. The molecule has 1 aliphatic carbocycles. The molecule has 1 saturated carbocycles. The molecule has 3 rings (SSSR count). The molecule has 2 fully saturated rings. The minimum Gasteiger partial charge on any atom is -0.378 e. The number of ether oxygens (including phenoxy) is 1. The smallest absolute Gasteiger partial charge is 0.233 e. The van der Waals surface area contributed by atoms with E-state index >= 15 is 0 Å². The highest BCUT2D eigenvalue weighted by Gasteiger charge is 2.48. The Kier molecular flexibility index (Phi) is 3.93. The van der Waals surface area contributed by atoms with Crippen molar-refractivity contribution < 1.29 is 9.53 Å². The van der Waals surface area contributed by atoms with Crippen LogP contribution in [0.25, 0.3) is 0 Å². The van der Waals surface area contributed by atoms with Gasteiger partial charge in [-0.25, -0.2) is 0 Å². The number of carbonyl (C=O) groups excluding carboxylic acids is 1. The van der Waals surface area contributed by atoms with Crippen LogP contribution in [0.2, 0.25) is 10.0 Å². The lowest BCUT2D eigenvalue weighted by molar-refractivity contribution is -0.145. The Morgan fingerprint density at radius 1 is 1.20 bits per heavy atom. The molecule has 1 aromatic carbocycles. The standard InChI is InChI=1S/C15H17Cl2NO2/c16-11-2-3-12(13(17)10-11)15(4-1-5-15)14(19)18-6-8-20-9-7-18/h2-3,10H,1,4-9H2. The number of carbonyl (C=O) groups is 1. The summed E-state index contributed by atoms with van der Waals surface area (Å²) >= 11 is 12.3. The van der Waals surface area contributed by atoms with E-state index in [9.17, 15) is 4.79 Å². The first-order valence-corrected chi connectivity index (χ1v) is 7.72. The summed E-state index contributed by atoms with van der Waals surface area (Å²) < 4.78 is 5.32. The molecule has 0 spiro atoms. The highest BCUT2D eigenvalue weighted by Crippen LogP contribution is 2.48. The number of amides is 1. The fraction of sp³-hybridized carbons (Fsp3) is 0.533. The highest BCUT2D eigenvalue weighted by molar-refractivity contribution is 6.35. The molecule has 0 unspecified atom stereocenters. The largest absolute Gasteiger partial charge is 0.378 e. The van der Waals surface area contributed by atoms with Gasteiger partial charge in [0.2, 0.25) is 5.91 Å². The SMILES string of the molecule is O=C(N1CCOCC1)C1(c2ccc(Cl)cc2Cl)CCC1. The fourth-order valence-corrected chi connectivity index (χ4v) is 3.66. The maximum Gasteiger partial charge on any atom is 0.233 e. The number of halogens is 2. The average Bonchev–Trinajstić information content (AvgIpc) is 2.40. The van der Waals surface area contributed by atoms with Crippen molar-refractivity contribution in [2.75, 3.05) is 26.3 Å². The first-order valence-electron chi connectivity index (χ1n) is 6.96. The predicted molar refractivity (Wildman–Crippen MR) is 79.4 cm³/mol. The summed E-state index contributed by atoms with van der Waals surface area (Å²) in [6, 6.07) is 5.45. The van der Waals surface area contributed by atoms with Gasteiger partial charge in [-0.15, -0.1) is 0 Å². The number of hydrogen-bond donors (Lipinski definition) is 0. The number of rotatable bonds is 2. The van der Waals surface area contributed by atoms with Gasteiger partial charge in [-0.2, -0.15) is 0 Å². The second-order valence-corrected chi connectivity index (χ2v) is 6.31. The minimum atomic E-state index is -0.445. The van der Waals surface area contributed by atoms with Crippen molar-refractivity contribution in [3.8, 4) is 0 Å². The van der Waals surface area contributed by atoms with Crippen molar-refractivity contribution in [3.05, 3.63) is 33.8 Å². The number of morpholine rings is 1. The molecule has 1 saturated heterocycles. The summed E-state index contributed by atoms with van der Waals surface area (Å²) in [5.74, 6) is 0.191. The Morgan fingerprint density at radius 2 is 1.90 bits per heavy atom. The molecule has 0 radical (unpaired) electrons. The number of benzene rings is 1. The van der Waals surface area contributed by atoms with Gasteiger partial charge in [0.05, 0.1) is 18.6 Å². The molecule has 1 aromatic rings. The lowest BCUT2D eigenvalue weighted by Gasteiger charge is -2.45. The molecule has 0 aromatic heterocycles. The van der Waals surface area contributed by atoms with Crippen molar-refractivity contribution in [2.24, 2.45) is 0 Å². The van der Waals surface area contributed by atoms with Crippen LogP contribution in [-0.4, -0.2) is 37.1 Å². The van der Waals surface area contributed by atoms with Gasteiger partial charge in [0.25, 0.3) is 0 Å². The van der Waals surface area contributed by atoms with Crippen LogP contribution >= 0.6 is 23.2 Å². The first-order chi connectivity index (χ1) is 9.63. The van der Waals surface area contributed by atoms with Crippen LogP contribution in [0.15, 0.2) is 18.2 Å². The summed E-state index contributed by atoms with van der Waals surface area (Å²) in [6.45, 7) is 2.59. The van der Waals surface area contributed by atoms with Gasteiger partial charge < -0.3 is 9.64 Å². The van der Waals surface area contributed by atoms with E-state index in [1.807, 2.05) is 17.0 Å². The maximum atomic E-state index is 12.9. The van der Waals surface area contributed by atoms with Gasteiger partial charge in [0, 0.05) is 23.1 Å². The molecule has 2 aliphatic rings. The zero-order valence-corrected chi connectivity index (χ0v) is 12.7. The van der Waals surface area contributed by atoms with E-state index in [2.05, 4.69) is 0 Å². The molecular formula is C15H17Cl2NO2. The molecule has 0 bridgehead atoms. The topological polar surface area (TPSA) is 29.5 Å². The van der Waals surface area contributed by atoms with Crippen molar-refractivity contribution in [3.63, 3.8) is 0 Å². The van der Waals surface area contributed by atoms with E-state index in [0.717, 1.165) is 24.8 Å². The zero-order chi connectivity index (χ0) is 14.2. The van der Waals surface area contributed by atoms with Crippen molar-refractivity contribution >= 4 is 29.1 Å². The zero-order valence-electron chi connectivity index (χ0n) is 11.2. The monoisotopic (exact) mass is 313 g/mol. The second kappa shape index (κ2) is 5.55. The molecule has 1 heterocycles. The van der Waals surface area contributed by atoms with Crippen molar-refractivity contribution in [1.82, 2.24) is 4.90 Å². The summed E-state index contributed by atoms with van der Waals surface area (Å²) in [5.41, 5.74) is 0.477. The first kappa shape index (κ1) is 14.2. The number of hydrogen-bond acceptors (Lipinski definition) is 2. The third-order valence-corrected chi connectivity index (χ3v) is 4.91. The highest BCUT2D eigenvalue weighted by atomic mass is 35.5. The predicted octanol–water partition coefficient (Wildman–Crippen LogP) is 3.27. The van der Waals surface area contributed by atoms with Crippen molar-refractivity contribution in [2.45, 2.75) is 24.7 Å². The number of nitrogens with zero attached hydrogens (tertiary/aromatic N) is 1. The molecule has 1 amide bonds. The molecule has 5 heteroatoms. The van der Waals surface area contributed by atoms with Crippen LogP contribution in [-0.2, 0) is 14.9 Å². The quantitative estimate of drug-likeness (QED) is 0.838. The molecular weight excluding hydrogens is 297 g/mol. The van der Waals surface area contributed by atoms with E-state index in [1.165, 1.54) is 0 Å². The third-order valence-electron chi connectivity index (χ3n) is 4.36. The van der Waals surface area contributed by atoms with E-state index in [4.69, 9.17) is 27.9 Å². The van der Waals surface area contributed by atoms with E-state index in [0.29, 0.717) is 36.3 Å². The minimum absolute atomic E-state index is 0.191. The van der Waals surface area contributed by atoms with Gasteiger partial charge >= 0.3 is 0 Å². The second-order valence-electron chi connectivity index (χ2n) is 5.46. The van der Waals surface area contributed by atoms with Crippen LogP contribution in [0.5, 0.6) is 0 Å². The summed E-state index contributed by atoms with van der Waals surface area (Å²) in [4.78, 5) is 14.8. The Bertz CT molecular complexity index is 523. The summed E-state index contributed by atoms with van der Waals surface area (Å²) in [5, 5.41) is 1.20. The van der Waals surface area contributed by atoms with Crippen LogP contribution in [0, 0.1) is 0 Å². The van der Waals surface area contributed by atoms with Crippen LogP contribution < -0.4 is 0 Å². The molecule has 108 valence electrons. The Hall–Kier alpha value is -0.770. The Morgan fingerprint density at radius 3 is 2.45 bits per heavy atom. The summed E-state index contributed by atoms with van der Waals surface area (Å²) in [7, 11) is 0. The lowest BCUT2D eigenvalue weighted by Crippen LogP contribution is -2.54. The molecule has 20 heavy (non-hydrogen) atoms. The fourth-order valence-electron chi connectivity index (χ4n) is 3.08. The van der Waals surface area contributed by atoms with E-state index < -0.39 is 5.41 Å². The van der Waals surface area contributed by atoms with Gasteiger partial charge in [-0.3, -0.25) is 4.79 Å². The van der Waals surface area contributed by atoms with E-state index in [-0.39, 0.29) is 5.91 Å². The lowest BCUT2D eigenvalue weighted by atomic mass is 9.63. The normalized spacial score (nSPS) is 21.4. The maximum absolute atomic E-state index is 12.9. The van der Waals surface area contributed by atoms with Crippen LogP contribution in [0.3, 0.4) is 0 Å². The van der Waals surface area contributed by atoms with Crippen LogP contribution in [0.1, 0.15) is 24.8 Å². The van der Waals surface area contributed by atoms with Crippen molar-refractivity contribution in [1.29, 1.82) is 0 Å². The third kappa shape index (κ3) is 2.32. The molecule has 0 atom stereocenters. The van der Waals surface area contributed by atoms with E-state index in [1.54, 1.807) is 6.07 Å². The van der Waals surface area contributed by atoms with Gasteiger partial charge in [0.1, 0.15) is 0 Å². The Labute approximate surface area is 128 Å². The van der Waals surface area contributed by atoms with Crippen LogP contribution in [0.4, 0.5) is 0 Å². The Balaban J connectivity index is 1.92. The van der Waals surface area contributed by atoms with Gasteiger partial charge in [0.15, 0.2) is 0 Å². The molecule has 3 nitrogen and oxygen atoms in total. The molecule has 1 aliphatic heterocycles. The summed E-state index contributed by atoms with van der Waals surface area (Å²) in [6.07, 6.45) is 2.80. The average molecular weight is 314 g/mol.